The van der Waals surface area contributed by atoms with E-state index >= 15 is 0 Å². The molecule has 2 fully saturated rings. The zero-order valence-electron chi connectivity index (χ0n) is 9.28. The number of rotatable bonds is 1. The van der Waals surface area contributed by atoms with Gasteiger partial charge in [0.2, 0.25) is 5.91 Å². The van der Waals surface area contributed by atoms with Gasteiger partial charge in [-0.1, -0.05) is 0 Å². The fourth-order valence-corrected chi connectivity index (χ4v) is 2.52. The van der Waals surface area contributed by atoms with Crippen molar-refractivity contribution in [1.82, 2.24) is 10.2 Å². The van der Waals surface area contributed by atoms with Gasteiger partial charge < -0.3 is 15.3 Å². The third-order valence-corrected chi connectivity index (χ3v) is 3.62. The maximum atomic E-state index is 12.1. The van der Waals surface area contributed by atoms with Crippen LogP contribution in [-0.2, 0) is 4.79 Å². The third kappa shape index (κ3) is 2.32. The van der Waals surface area contributed by atoms with Gasteiger partial charge in [0.25, 0.3) is 0 Å². The van der Waals surface area contributed by atoms with Crippen LogP contribution in [0.25, 0.3) is 0 Å². The van der Waals surface area contributed by atoms with Gasteiger partial charge in [-0.2, -0.15) is 0 Å². The van der Waals surface area contributed by atoms with Crippen LogP contribution >= 0.6 is 0 Å². The van der Waals surface area contributed by atoms with Gasteiger partial charge in [0, 0.05) is 19.1 Å². The average molecular weight is 212 g/mol. The number of hydrogen-bond acceptors (Lipinski definition) is 3. The number of hydrogen-bond donors (Lipinski definition) is 2. The fraction of sp³-hybridized carbons (Fsp3) is 0.909. The highest BCUT2D eigenvalue weighted by atomic mass is 16.3. The molecule has 2 N–H and O–H groups in total. The van der Waals surface area contributed by atoms with Crippen LogP contribution in [0.4, 0.5) is 0 Å². The largest absolute Gasteiger partial charge is 0.393 e. The summed E-state index contributed by atoms with van der Waals surface area (Å²) in [6.45, 7) is 4.48. The molecule has 0 aliphatic carbocycles. The van der Waals surface area contributed by atoms with Gasteiger partial charge in [-0.05, 0) is 32.7 Å². The predicted molar refractivity (Wildman–Crippen MR) is 57.4 cm³/mol. The van der Waals surface area contributed by atoms with E-state index in [1.54, 1.807) is 0 Å². The summed E-state index contributed by atoms with van der Waals surface area (Å²) in [4.78, 5) is 14.0. The second-order valence-electron chi connectivity index (χ2n) is 4.69. The van der Waals surface area contributed by atoms with Gasteiger partial charge in [0.1, 0.15) is 0 Å². The molecule has 2 aliphatic rings. The molecule has 4 nitrogen and oxygen atoms in total. The number of nitrogens with zero attached hydrogens (tertiary/aromatic N) is 1. The van der Waals surface area contributed by atoms with Crippen molar-refractivity contribution >= 4 is 5.91 Å². The fourth-order valence-electron chi connectivity index (χ4n) is 2.52. The summed E-state index contributed by atoms with van der Waals surface area (Å²) in [7, 11) is 0. The molecule has 0 aromatic heterocycles. The Morgan fingerprint density at radius 3 is 2.53 bits per heavy atom. The van der Waals surface area contributed by atoms with Crippen molar-refractivity contribution in [2.45, 2.75) is 38.3 Å². The first kappa shape index (κ1) is 10.9. The van der Waals surface area contributed by atoms with Gasteiger partial charge in [-0.3, -0.25) is 4.79 Å². The van der Waals surface area contributed by atoms with Gasteiger partial charge in [0.15, 0.2) is 0 Å². The normalized spacial score (nSPS) is 33.3. The van der Waals surface area contributed by atoms with Crippen molar-refractivity contribution < 1.29 is 9.90 Å². The first-order valence-electron chi connectivity index (χ1n) is 5.88. The summed E-state index contributed by atoms with van der Waals surface area (Å²) >= 11 is 0. The number of piperidine rings is 1. The molecule has 2 aliphatic heterocycles. The minimum Gasteiger partial charge on any atom is -0.393 e. The Kier molecular flexibility index (Phi) is 3.26. The number of nitrogens with one attached hydrogen (secondary N) is 1. The minimum atomic E-state index is -0.201. The molecule has 0 saturated carbocycles. The van der Waals surface area contributed by atoms with E-state index in [1.807, 2.05) is 4.90 Å². The highest BCUT2D eigenvalue weighted by Gasteiger charge is 2.33. The van der Waals surface area contributed by atoms with E-state index in [0.717, 1.165) is 38.9 Å². The van der Waals surface area contributed by atoms with Crippen LogP contribution in [-0.4, -0.2) is 47.7 Å². The first-order chi connectivity index (χ1) is 7.18. The molecule has 0 aromatic carbocycles. The molecule has 0 spiro atoms. The average Bonchev–Trinajstić information content (AvgIpc) is 2.65. The Hall–Kier alpha value is -0.610. The van der Waals surface area contributed by atoms with Crippen LogP contribution in [0.2, 0.25) is 0 Å². The lowest BCUT2D eigenvalue weighted by Gasteiger charge is -2.32. The van der Waals surface area contributed by atoms with Crippen LogP contribution in [0.15, 0.2) is 0 Å². The predicted octanol–water partition coefficient (Wildman–Crippen LogP) is -0.0323. The van der Waals surface area contributed by atoms with Crippen LogP contribution in [0.3, 0.4) is 0 Å². The standard InChI is InChI=1S/C11H20N2O2/c1-8-10(2-5-12-8)11(15)13-6-3-9(14)4-7-13/h8-10,12,14H,2-7H2,1H3. The molecule has 0 aromatic rings. The third-order valence-electron chi connectivity index (χ3n) is 3.62. The Morgan fingerprint density at radius 1 is 1.33 bits per heavy atom. The van der Waals surface area contributed by atoms with Crippen molar-refractivity contribution in [3.05, 3.63) is 0 Å². The van der Waals surface area contributed by atoms with Crippen LogP contribution in [0.1, 0.15) is 26.2 Å². The van der Waals surface area contributed by atoms with Gasteiger partial charge >= 0.3 is 0 Å². The second kappa shape index (κ2) is 4.49. The molecule has 86 valence electrons. The number of aliphatic hydroxyl groups is 1. The highest BCUT2D eigenvalue weighted by Crippen LogP contribution is 2.20. The Bertz CT molecular complexity index is 237. The van der Waals surface area contributed by atoms with Crippen molar-refractivity contribution in [2.75, 3.05) is 19.6 Å². The summed E-state index contributed by atoms with van der Waals surface area (Å²) in [5, 5.41) is 12.7. The SMILES string of the molecule is CC1NCCC1C(=O)N1CCC(O)CC1. The summed E-state index contributed by atoms with van der Waals surface area (Å²) in [6, 6.07) is 0.310. The number of carbonyl (C=O) groups excluding carboxylic acids is 1. The van der Waals surface area contributed by atoms with Gasteiger partial charge in [0.05, 0.1) is 12.0 Å². The van der Waals surface area contributed by atoms with Crippen molar-refractivity contribution in [2.24, 2.45) is 5.92 Å². The number of carbonyl (C=O) groups is 1. The Labute approximate surface area is 90.6 Å². The molecule has 1 amide bonds. The molecule has 2 unspecified atom stereocenters. The molecule has 0 bridgehead atoms. The molecule has 4 heteroatoms. The van der Waals surface area contributed by atoms with Crippen LogP contribution < -0.4 is 5.32 Å². The van der Waals surface area contributed by atoms with Gasteiger partial charge in [-0.25, -0.2) is 0 Å². The van der Waals surface area contributed by atoms with E-state index in [0.29, 0.717) is 6.04 Å². The summed E-state index contributed by atoms with van der Waals surface area (Å²) in [5.74, 6) is 0.430. The van der Waals surface area contributed by atoms with Gasteiger partial charge in [-0.15, -0.1) is 0 Å². The zero-order valence-corrected chi connectivity index (χ0v) is 9.28. The summed E-state index contributed by atoms with van der Waals surface area (Å²) < 4.78 is 0. The van der Waals surface area contributed by atoms with E-state index < -0.39 is 0 Å². The lowest BCUT2D eigenvalue weighted by Crippen LogP contribution is -2.45. The molecule has 0 radical (unpaired) electrons. The number of aliphatic hydroxyl groups excluding tert-OH is 1. The monoisotopic (exact) mass is 212 g/mol. The van der Waals surface area contributed by atoms with E-state index in [1.165, 1.54) is 0 Å². The van der Waals surface area contributed by atoms with Crippen LogP contribution in [0.5, 0.6) is 0 Å². The molecule has 2 heterocycles. The number of amides is 1. The lowest BCUT2D eigenvalue weighted by atomic mass is 9.98. The number of likely N-dealkylation sites (tertiary alicyclic amines) is 1. The molecular weight excluding hydrogens is 192 g/mol. The second-order valence-corrected chi connectivity index (χ2v) is 4.69. The van der Waals surface area contributed by atoms with E-state index in [4.69, 9.17) is 0 Å². The van der Waals surface area contributed by atoms with Crippen LogP contribution in [0, 0.1) is 5.92 Å². The Balaban J connectivity index is 1.90. The first-order valence-corrected chi connectivity index (χ1v) is 5.88. The Morgan fingerprint density at radius 2 is 2.00 bits per heavy atom. The topological polar surface area (TPSA) is 52.6 Å². The molecule has 2 atom stereocenters. The molecular formula is C11H20N2O2. The molecule has 2 rings (SSSR count). The smallest absolute Gasteiger partial charge is 0.227 e. The van der Waals surface area contributed by atoms with Crippen molar-refractivity contribution in [3.8, 4) is 0 Å². The van der Waals surface area contributed by atoms with E-state index in [2.05, 4.69) is 12.2 Å². The molecule has 15 heavy (non-hydrogen) atoms. The molecule has 2 saturated heterocycles. The summed E-state index contributed by atoms with van der Waals surface area (Å²) in [5.41, 5.74) is 0. The zero-order chi connectivity index (χ0) is 10.8. The van der Waals surface area contributed by atoms with Crippen molar-refractivity contribution in [1.29, 1.82) is 0 Å². The summed E-state index contributed by atoms with van der Waals surface area (Å²) in [6.07, 6.45) is 2.23. The maximum absolute atomic E-state index is 12.1. The lowest BCUT2D eigenvalue weighted by molar-refractivity contribution is -0.137. The quantitative estimate of drug-likeness (QED) is 0.641. The minimum absolute atomic E-state index is 0.153. The van der Waals surface area contributed by atoms with Crippen molar-refractivity contribution in [3.63, 3.8) is 0 Å². The van der Waals surface area contributed by atoms with E-state index in [-0.39, 0.29) is 17.9 Å². The maximum Gasteiger partial charge on any atom is 0.227 e. The highest BCUT2D eigenvalue weighted by molar-refractivity contribution is 5.80. The van der Waals surface area contributed by atoms with E-state index in [9.17, 15) is 9.90 Å².